The van der Waals surface area contributed by atoms with Crippen LogP contribution in [0, 0.1) is 6.92 Å². The summed E-state index contributed by atoms with van der Waals surface area (Å²) in [6.45, 7) is 2.87. The summed E-state index contributed by atoms with van der Waals surface area (Å²) >= 11 is 0. The molecule has 1 saturated heterocycles. The van der Waals surface area contributed by atoms with Crippen molar-refractivity contribution in [1.29, 1.82) is 0 Å². The highest BCUT2D eigenvalue weighted by atomic mass is 16.5. The summed E-state index contributed by atoms with van der Waals surface area (Å²) in [5.41, 5.74) is 2.05. The van der Waals surface area contributed by atoms with E-state index in [-0.39, 0.29) is 30.7 Å². The number of carbonyl (C=O) groups is 1. The van der Waals surface area contributed by atoms with Crippen molar-refractivity contribution < 1.29 is 19.2 Å². The molecule has 0 radical (unpaired) electrons. The van der Waals surface area contributed by atoms with E-state index in [2.05, 4.69) is 35.5 Å². The number of aromatic nitrogens is 1. The van der Waals surface area contributed by atoms with Gasteiger partial charge in [-0.25, -0.2) is 0 Å². The molecule has 6 nitrogen and oxygen atoms in total. The van der Waals surface area contributed by atoms with E-state index in [0.717, 1.165) is 10.9 Å². The number of aliphatic hydroxyl groups excluding tert-OH is 1. The molecule has 0 bridgehead atoms. The van der Waals surface area contributed by atoms with E-state index >= 15 is 0 Å². The molecular formula is C22H24N2O4. The highest BCUT2D eigenvalue weighted by molar-refractivity contribution is 5.94. The number of aryl methyl sites for hydroxylation is 1. The molecule has 1 N–H and O–H groups in total. The smallest absolute Gasteiger partial charge is 0.276 e. The van der Waals surface area contributed by atoms with Crippen LogP contribution >= 0.6 is 0 Å². The topological polar surface area (TPSA) is 75.8 Å². The van der Waals surface area contributed by atoms with Gasteiger partial charge in [-0.15, -0.1) is 0 Å². The van der Waals surface area contributed by atoms with Gasteiger partial charge in [-0.3, -0.25) is 4.79 Å². The van der Waals surface area contributed by atoms with Crippen LogP contribution in [0.15, 0.2) is 47.0 Å². The van der Waals surface area contributed by atoms with E-state index < -0.39 is 6.10 Å². The van der Waals surface area contributed by atoms with Crippen LogP contribution in [-0.2, 0) is 11.3 Å². The van der Waals surface area contributed by atoms with Gasteiger partial charge in [-0.05, 0) is 29.7 Å². The van der Waals surface area contributed by atoms with Crippen LogP contribution < -0.4 is 0 Å². The van der Waals surface area contributed by atoms with E-state index in [4.69, 9.17) is 9.26 Å². The van der Waals surface area contributed by atoms with Crippen molar-refractivity contribution in [2.45, 2.75) is 32.0 Å². The van der Waals surface area contributed by atoms with E-state index in [9.17, 15) is 9.90 Å². The lowest BCUT2D eigenvalue weighted by molar-refractivity contribution is 0.0372. The van der Waals surface area contributed by atoms with Gasteiger partial charge >= 0.3 is 0 Å². The maximum Gasteiger partial charge on any atom is 0.276 e. The Kier molecular flexibility index (Phi) is 5.15. The average Bonchev–Trinajstić information content (AvgIpc) is 3.08. The fourth-order valence-electron chi connectivity index (χ4n) is 3.97. The summed E-state index contributed by atoms with van der Waals surface area (Å²) in [6, 6.07) is 14.5. The Hall–Kier alpha value is -2.70. The van der Waals surface area contributed by atoms with E-state index in [1.54, 1.807) is 18.9 Å². The van der Waals surface area contributed by atoms with Crippen LogP contribution in [0.3, 0.4) is 0 Å². The zero-order valence-electron chi connectivity index (χ0n) is 16.1. The maximum absolute atomic E-state index is 12.9. The SMILES string of the molecule is COCc1c(C(=O)N2CC[C@@H](c3ccc4ccccc4c3)[C@H](O)C2)noc1C. The monoisotopic (exact) mass is 380 g/mol. The Morgan fingerprint density at radius 2 is 2.07 bits per heavy atom. The predicted molar refractivity (Wildman–Crippen MR) is 105 cm³/mol. The van der Waals surface area contributed by atoms with Crippen molar-refractivity contribution in [3.63, 3.8) is 0 Å². The number of piperidine rings is 1. The Bertz CT molecular complexity index is 997. The van der Waals surface area contributed by atoms with Crippen molar-refractivity contribution >= 4 is 16.7 Å². The predicted octanol–water partition coefficient (Wildman–Crippen LogP) is 3.27. The van der Waals surface area contributed by atoms with Crippen molar-refractivity contribution in [3.8, 4) is 0 Å². The summed E-state index contributed by atoms with van der Waals surface area (Å²) in [5.74, 6) is 0.364. The third-order valence-electron chi connectivity index (χ3n) is 5.55. The lowest BCUT2D eigenvalue weighted by Crippen LogP contribution is -2.46. The molecule has 28 heavy (non-hydrogen) atoms. The molecule has 2 aromatic carbocycles. The number of amides is 1. The van der Waals surface area contributed by atoms with Crippen LogP contribution in [0.1, 0.15) is 39.7 Å². The number of likely N-dealkylation sites (tertiary alicyclic amines) is 1. The minimum Gasteiger partial charge on any atom is -0.391 e. The van der Waals surface area contributed by atoms with Crippen LogP contribution in [0.5, 0.6) is 0 Å². The van der Waals surface area contributed by atoms with Crippen molar-refractivity contribution in [2.75, 3.05) is 20.2 Å². The van der Waals surface area contributed by atoms with Gasteiger partial charge in [-0.2, -0.15) is 0 Å². The second kappa shape index (κ2) is 7.73. The van der Waals surface area contributed by atoms with Gasteiger partial charge < -0.3 is 19.3 Å². The van der Waals surface area contributed by atoms with Crippen molar-refractivity contribution in [3.05, 3.63) is 65.0 Å². The molecule has 6 heteroatoms. The molecular weight excluding hydrogens is 356 g/mol. The lowest BCUT2D eigenvalue weighted by Gasteiger charge is -2.36. The lowest BCUT2D eigenvalue weighted by atomic mass is 9.86. The first-order valence-electron chi connectivity index (χ1n) is 9.48. The Balaban J connectivity index is 1.51. The third-order valence-corrected chi connectivity index (χ3v) is 5.55. The molecule has 0 spiro atoms. The molecule has 3 aromatic rings. The van der Waals surface area contributed by atoms with Gasteiger partial charge in [0.2, 0.25) is 0 Å². The molecule has 1 aliphatic rings. The second-order valence-corrected chi connectivity index (χ2v) is 7.32. The standard InChI is InChI=1S/C22H24N2O4/c1-14-19(13-27-2)21(23-28-14)22(26)24-10-9-18(20(25)12-24)17-8-7-15-5-3-4-6-16(15)11-17/h3-8,11,18,20,25H,9-10,12-13H2,1-2H3/t18-,20+/m0/s1. The van der Waals surface area contributed by atoms with Gasteiger partial charge in [0.1, 0.15) is 5.76 Å². The molecule has 1 amide bonds. The molecule has 0 saturated carbocycles. The van der Waals surface area contributed by atoms with Crippen molar-refractivity contribution in [2.24, 2.45) is 0 Å². The first-order valence-corrected chi connectivity index (χ1v) is 9.48. The maximum atomic E-state index is 12.9. The number of benzene rings is 2. The quantitative estimate of drug-likeness (QED) is 0.752. The largest absolute Gasteiger partial charge is 0.391 e. The fraction of sp³-hybridized carbons (Fsp3) is 0.364. The molecule has 1 aromatic heterocycles. The first kappa shape index (κ1) is 18.7. The zero-order chi connectivity index (χ0) is 19.7. The van der Waals surface area contributed by atoms with E-state index in [1.807, 2.05) is 12.1 Å². The van der Waals surface area contributed by atoms with E-state index in [0.29, 0.717) is 24.3 Å². The van der Waals surface area contributed by atoms with Gasteiger partial charge in [-0.1, -0.05) is 47.6 Å². The minimum atomic E-state index is -0.627. The molecule has 1 fully saturated rings. The number of methoxy groups -OCH3 is 1. The number of nitrogens with zero attached hydrogens (tertiary/aromatic N) is 2. The first-order chi connectivity index (χ1) is 13.6. The highest BCUT2D eigenvalue weighted by Gasteiger charge is 2.33. The molecule has 0 aliphatic carbocycles. The Morgan fingerprint density at radius 3 is 2.82 bits per heavy atom. The normalized spacial score (nSPS) is 19.9. The fourth-order valence-corrected chi connectivity index (χ4v) is 3.97. The van der Waals surface area contributed by atoms with Crippen molar-refractivity contribution in [1.82, 2.24) is 10.1 Å². The van der Waals surface area contributed by atoms with Crippen LogP contribution in [-0.4, -0.2) is 47.4 Å². The highest BCUT2D eigenvalue weighted by Crippen LogP contribution is 2.31. The number of rotatable bonds is 4. The van der Waals surface area contributed by atoms with Gasteiger partial charge in [0.15, 0.2) is 5.69 Å². The summed E-state index contributed by atoms with van der Waals surface area (Å²) in [5, 5.41) is 17.0. The summed E-state index contributed by atoms with van der Waals surface area (Å²) in [4.78, 5) is 14.6. The number of hydrogen-bond donors (Lipinski definition) is 1. The summed E-state index contributed by atoms with van der Waals surface area (Å²) in [7, 11) is 1.57. The number of carbonyl (C=O) groups excluding carboxylic acids is 1. The molecule has 1 aliphatic heterocycles. The van der Waals surface area contributed by atoms with Gasteiger partial charge in [0.25, 0.3) is 5.91 Å². The van der Waals surface area contributed by atoms with Gasteiger partial charge in [0.05, 0.1) is 18.3 Å². The average molecular weight is 380 g/mol. The number of β-amino-alcohol motifs (C(OH)–C–C–N with tert-alkyl or cyclic N) is 1. The molecule has 146 valence electrons. The number of fused-ring (bicyclic) bond motifs is 1. The zero-order valence-corrected chi connectivity index (χ0v) is 16.1. The minimum absolute atomic E-state index is 0.00569. The Labute approximate surface area is 163 Å². The molecule has 4 rings (SSSR count). The number of hydrogen-bond acceptors (Lipinski definition) is 5. The summed E-state index contributed by atoms with van der Waals surface area (Å²) in [6.07, 6.45) is 0.0690. The van der Waals surface area contributed by atoms with Crippen LogP contribution in [0.2, 0.25) is 0 Å². The van der Waals surface area contributed by atoms with Crippen LogP contribution in [0.25, 0.3) is 10.8 Å². The Morgan fingerprint density at radius 1 is 1.29 bits per heavy atom. The second-order valence-electron chi connectivity index (χ2n) is 7.32. The molecule has 2 atom stereocenters. The summed E-state index contributed by atoms with van der Waals surface area (Å²) < 4.78 is 10.3. The molecule has 2 heterocycles. The van der Waals surface area contributed by atoms with E-state index in [1.165, 1.54) is 5.39 Å². The van der Waals surface area contributed by atoms with Crippen LogP contribution in [0.4, 0.5) is 0 Å². The molecule has 0 unspecified atom stereocenters. The van der Waals surface area contributed by atoms with Gasteiger partial charge in [0, 0.05) is 26.1 Å². The number of aliphatic hydroxyl groups is 1. The third kappa shape index (κ3) is 3.41. The number of ether oxygens (including phenoxy) is 1.